The van der Waals surface area contributed by atoms with Crippen LogP contribution in [-0.4, -0.2) is 71.3 Å². The van der Waals surface area contributed by atoms with Gasteiger partial charge in [0.1, 0.15) is 11.9 Å². The van der Waals surface area contributed by atoms with Crippen LogP contribution in [0.15, 0.2) is 42.5 Å². The Morgan fingerprint density at radius 2 is 1.88 bits per heavy atom. The van der Waals surface area contributed by atoms with Crippen LogP contribution in [0.25, 0.3) is 16.7 Å². The van der Waals surface area contributed by atoms with Crippen LogP contribution in [0.1, 0.15) is 41.7 Å². The van der Waals surface area contributed by atoms with Gasteiger partial charge in [-0.3, -0.25) is 9.47 Å². The van der Waals surface area contributed by atoms with E-state index in [2.05, 4.69) is 22.0 Å². The van der Waals surface area contributed by atoms with Crippen LogP contribution < -0.4 is 5.11 Å². The van der Waals surface area contributed by atoms with E-state index in [4.69, 9.17) is 9.47 Å². The lowest BCUT2D eigenvalue weighted by molar-refractivity contribution is -0.255. The number of carboxylic acids is 1. The maximum absolute atomic E-state index is 11.9. The number of methoxy groups -OCH3 is 1. The Bertz CT molecular complexity index is 1180. The van der Waals surface area contributed by atoms with E-state index in [1.807, 2.05) is 30.5 Å². The van der Waals surface area contributed by atoms with Crippen molar-refractivity contribution in [3.63, 3.8) is 0 Å². The third kappa shape index (κ3) is 4.90. The second-order valence-electron chi connectivity index (χ2n) is 8.31. The molecular weight excluding hydrogens is 436 g/mol. The number of piperazine rings is 1. The van der Waals surface area contributed by atoms with Gasteiger partial charge >= 0.3 is 6.09 Å². The molecule has 1 aliphatic rings. The number of carbonyl (C=O) groups is 2. The molecule has 0 spiro atoms. The molecule has 34 heavy (non-hydrogen) atoms. The summed E-state index contributed by atoms with van der Waals surface area (Å²) in [5.41, 5.74) is 3.51. The summed E-state index contributed by atoms with van der Waals surface area (Å²) in [5, 5.41) is 11.3. The number of imidazole rings is 1. The van der Waals surface area contributed by atoms with Crippen molar-refractivity contribution in [3.05, 3.63) is 59.4 Å². The molecule has 3 aromatic rings. The lowest BCUT2D eigenvalue weighted by Gasteiger charge is -2.34. The number of aromatic carboxylic acids is 1. The number of ether oxygens (including phenoxy) is 2. The number of aromatic nitrogens is 2. The monoisotopic (exact) mass is 465 g/mol. The standard InChI is InChI=1S/C25H30N4O5/c1-4-34-25(32)28-12-10-27(11-13-28)16-18-6-5-7-20(14-18)29-22-9-8-19(24(30)31)15-21(22)26-23(29)17(2)33-3/h5-9,14-15,17H,4,10-13,16H2,1-3H3,(H,30,31)/p-1. The van der Waals surface area contributed by atoms with E-state index >= 15 is 0 Å². The van der Waals surface area contributed by atoms with E-state index in [1.165, 1.54) is 12.1 Å². The van der Waals surface area contributed by atoms with Gasteiger partial charge in [-0.15, -0.1) is 0 Å². The van der Waals surface area contributed by atoms with Crippen molar-refractivity contribution in [1.29, 1.82) is 0 Å². The molecule has 180 valence electrons. The number of nitrogens with zero attached hydrogens (tertiary/aromatic N) is 4. The molecule has 2 aromatic carbocycles. The normalized spacial score (nSPS) is 15.4. The third-order valence-electron chi connectivity index (χ3n) is 6.11. The van der Waals surface area contributed by atoms with Gasteiger partial charge in [-0.05, 0) is 49.2 Å². The zero-order valence-electron chi connectivity index (χ0n) is 19.7. The summed E-state index contributed by atoms with van der Waals surface area (Å²) in [6.45, 7) is 7.68. The Labute approximate surface area is 198 Å². The minimum atomic E-state index is -1.23. The van der Waals surface area contributed by atoms with Crippen LogP contribution >= 0.6 is 0 Å². The second kappa shape index (κ2) is 10.2. The Morgan fingerprint density at radius 3 is 2.56 bits per heavy atom. The fourth-order valence-corrected chi connectivity index (χ4v) is 4.23. The van der Waals surface area contributed by atoms with Crippen molar-refractivity contribution in [1.82, 2.24) is 19.4 Å². The maximum atomic E-state index is 11.9. The number of benzene rings is 2. The average Bonchev–Trinajstić information content (AvgIpc) is 3.23. The fourth-order valence-electron chi connectivity index (χ4n) is 4.23. The predicted octanol–water partition coefficient (Wildman–Crippen LogP) is 2.37. The first-order valence-corrected chi connectivity index (χ1v) is 11.4. The highest BCUT2D eigenvalue weighted by Gasteiger charge is 2.22. The van der Waals surface area contributed by atoms with Gasteiger partial charge in [-0.25, -0.2) is 9.78 Å². The summed E-state index contributed by atoms with van der Waals surface area (Å²) >= 11 is 0. The maximum Gasteiger partial charge on any atom is 0.409 e. The number of fused-ring (bicyclic) bond motifs is 1. The SMILES string of the molecule is CCOC(=O)N1CCN(Cc2cccc(-n3c(C(C)OC)nc4cc(C(=O)[O-])ccc43)c2)CC1. The summed E-state index contributed by atoms with van der Waals surface area (Å²) in [5.74, 6) is -0.545. The van der Waals surface area contributed by atoms with Crippen LogP contribution in [0.5, 0.6) is 0 Å². The molecule has 1 saturated heterocycles. The predicted molar refractivity (Wildman–Crippen MR) is 125 cm³/mol. The third-order valence-corrected chi connectivity index (χ3v) is 6.11. The molecule has 9 heteroatoms. The van der Waals surface area contributed by atoms with Gasteiger partial charge in [0.15, 0.2) is 0 Å². The summed E-state index contributed by atoms with van der Waals surface area (Å²) in [6, 6.07) is 13.0. The van der Waals surface area contributed by atoms with Gasteiger partial charge in [0.05, 0.1) is 23.6 Å². The lowest BCUT2D eigenvalue weighted by atomic mass is 10.1. The molecule has 0 aliphatic carbocycles. The van der Waals surface area contributed by atoms with Crippen molar-refractivity contribution in [2.75, 3.05) is 39.9 Å². The fraction of sp³-hybridized carbons (Fsp3) is 0.400. The molecule has 1 aromatic heterocycles. The number of carboxylic acid groups (broad SMARTS) is 1. The smallest absolute Gasteiger partial charge is 0.409 e. The molecule has 4 rings (SSSR count). The van der Waals surface area contributed by atoms with Crippen LogP contribution in [-0.2, 0) is 16.0 Å². The number of carbonyl (C=O) groups excluding carboxylic acids is 2. The minimum absolute atomic E-state index is 0.0875. The van der Waals surface area contributed by atoms with Gasteiger partial charge < -0.3 is 24.3 Å². The molecule has 9 nitrogen and oxygen atoms in total. The number of rotatable bonds is 7. The first-order valence-electron chi connectivity index (χ1n) is 11.4. The van der Waals surface area contributed by atoms with Crippen molar-refractivity contribution >= 4 is 23.1 Å². The number of hydrogen-bond donors (Lipinski definition) is 0. The zero-order chi connectivity index (χ0) is 24.2. The Balaban J connectivity index is 1.59. The van der Waals surface area contributed by atoms with Crippen LogP contribution in [0.2, 0.25) is 0 Å². The molecule has 0 radical (unpaired) electrons. The molecule has 1 atom stereocenters. The summed E-state index contributed by atoms with van der Waals surface area (Å²) in [7, 11) is 1.62. The van der Waals surface area contributed by atoms with E-state index in [9.17, 15) is 14.7 Å². The van der Waals surface area contributed by atoms with Gasteiger partial charge in [-0.2, -0.15) is 0 Å². The van der Waals surface area contributed by atoms with Crippen molar-refractivity contribution in [2.24, 2.45) is 0 Å². The van der Waals surface area contributed by atoms with Crippen molar-refractivity contribution < 1.29 is 24.2 Å². The minimum Gasteiger partial charge on any atom is -0.545 e. The largest absolute Gasteiger partial charge is 0.545 e. The first-order chi connectivity index (χ1) is 16.4. The van der Waals surface area contributed by atoms with Crippen LogP contribution in [0.3, 0.4) is 0 Å². The van der Waals surface area contributed by atoms with Gasteiger partial charge in [0.2, 0.25) is 0 Å². The van der Waals surface area contributed by atoms with Gasteiger partial charge in [0, 0.05) is 45.5 Å². The van der Waals surface area contributed by atoms with E-state index in [-0.39, 0.29) is 17.8 Å². The quantitative estimate of drug-likeness (QED) is 0.528. The van der Waals surface area contributed by atoms with Gasteiger partial charge in [0.25, 0.3) is 0 Å². The van der Waals surface area contributed by atoms with Crippen molar-refractivity contribution in [3.8, 4) is 5.69 Å². The second-order valence-corrected chi connectivity index (χ2v) is 8.31. The number of hydrogen-bond acceptors (Lipinski definition) is 7. The molecule has 1 amide bonds. The molecule has 1 fully saturated rings. The van der Waals surface area contributed by atoms with E-state index in [0.717, 1.165) is 36.4 Å². The summed E-state index contributed by atoms with van der Waals surface area (Å²) < 4.78 is 12.6. The Morgan fingerprint density at radius 1 is 1.12 bits per heavy atom. The topological polar surface area (TPSA) is 100.0 Å². The summed E-state index contributed by atoms with van der Waals surface area (Å²) in [4.78, 5) is 32.0. The molecule has 0 saturated carbocycles. The molecule has 1 unspecified atom stereocenters. The number of amides is 1. The zero-order valence-corrected chi connectivity index (χ0v) is 19.7. The first kappa shape index (κ1) is 23.7. The van der Waals surface area contributed by atoms with E-state index < -0.39 is 5.97 Å². The summed E-state index contributed by atoms with van der Waals surface area (Å²) in [6.07, 6.45) is -0.545. The molecule has 2 heterocycles. The highest BCUT2D eigenvalue weighted by molar-refractivity contribution is 5.91. The van der Waals surface area contributed by atoms with Crippen molar-refractivity contribution in [2.45, 2.75) is 26.5 Å². The van der Waals surface area contributed by atoms with E-state index in [0.29, 0.717) is 31.0 Å². The molecule has 0 bridgehead atoms. The lowest BCUT2D eigenvalue weighted by Crippen LogP contribution is -2.48. The molecule has 0 N–H and O–H groups in total. The van der Waals surface area contributed by atoms with Gasteiger partial charge in [-0.1, -0.05) is 18.2 Å². The molecule has 1 aliphatic heterocycles. The highest BCUT2D eigenvalue weighted by atomic mass is 16.6. The van der Waals surface area contributed by atoms with Crippen LogP contribution in [0.4, 0.5) is 4.79 Å². The average molecular weight is 466 g/mol. The Hall–Kier alpha value is -3.43. The highest BCUT2D eigenvalue weighted by Crippen LogP contribution is 2.28. The van der Waals surface area contributed by atoms with Crippen LogP contribution in [0, 0.1) is 0 Å². The molecular formula is C25H29N4O5-. The van der Waals surface area contributed by atoms with E-state index in [1.54, 1.807) is 18.1 Å². The Kier molecular flexibility index (Phi) is 7.14.